The van der Waals surface area contributed by atoms with E-state index in [4.69, 9.17) is 18.9 Å². The highest BCUT2D eigenvalue weighted by molar-refractivity contribution is 9.10. The molecular formula is C19H24BrNO5. The van der Waals surface area contributed by atoms with Gasteiger partial charge in [-0.05, 0) is 47.5 Å². The number of ether oxygens (including phenoxy) is 4. The van der Waals surface area contributed by atoms with Gasteiger partial charge in [0, 0.05) is 29.9 Å². The first-order chi connectivity index (χ1) is 12.5. The summed E-state index contributed by atoms with van der Waals surface area (Å²) >= 11 is 3.64. The first-order valence-electron chi connectivity index (χ1n) is 8.24. The van der Waals surface area contributed by atoms with Crippen LogP contribution in [0.5, 0.6) is 5.75 Å². The predicted molar refractivity (Wildman–Crippen MR) is 103 cm³/mol. The molecule has 0 unspecified atom stereocenters. The lowest BCUT2D eigenvalue weighted by molar-refractivity contribution is -0.111. The first-order valence-corrected chi connectivity index (χ1v) is 9.03. The molecule has 0 saturated carbocycles. The number of hydrogen-bond acceptors (Lipinski definition) is 5. The molecule has 0 bridgehead atoms. The zero-order valence-electron chi connectivity index (χ0n) is 15.7. The molecule has 0 aliphatic rings. The molecule has 0 fully saturated rings. The van der Waals surface area contributed by atoms with Gasteiger partial charge in [0.15, 0.2) is 6.29 Å². The van der Waals surface area contributed by atoms with E-state index in [2.05, 4.69) is 15.9 Å². The Morgan fingerprint density at radius 3 is 2.27 bits per heavy atom. The van der Waals surface area contributed by atoms with Gasteiger partial charge in [0.05, 0.1) is 20.3 Å². The molecule has 0 atom stereocenters. The van der Waals surface area contributed by atoms with E-state index in [-0.39, 0.29) is 0 Å². The van der Waals surface area contributed by atoms with Gasteiger partial charge in [-0.1, -0.05) is 12.1 Å². The molecule has 0 radical (unpaired) electrons. The van der Waals surface area contributed by atoms with E-state index in [0.717, 1.165) is 27.0 Å². The van der Waals surface area contributed by atoms with Gasteiger partial charge in [0.1, 0.15) is 11.4 Å². The van der Waals surface area contributed by atoms with Crippen molar-refractivity contribution in [3.05, 3.63) is 40.1 Å². The number of carbonyl (C=O) groups excluding carboxylic acids is 1. The maximum absolute atomic E-state index is 12.7. The van der Waals surface area contributed by atoms with Gasteiger partial charge in [0.25, 0.3) is 0 Å². The minimum absolute atomic E-state index is 0.292. The summed E-state index contributed by atoms with van der Waals surface area (Å²) < 4.78 is 23.8. The van der Waals surface area contributed by atoms with Crippen molar-refractivity contribution in [2.75, 3.05) is 27.9 Å². The molecule has 0 spiro atoms. The topological polar surface area (TPSA) is 58.9 Å². The zero-order chi connectivity index (χ0) is 19.3. The van der Waals surface area contributed by atoms with E-state index in [9.17, 15) is 4.79 Å². The van der Waals surface area contributed by atoms with Crippen molar-refractivity contribution in [1.29, 1.82) is 0 Å². The second kappa shape index (κ2) is 9.21. The predicted octanol–water partition coefficient (Wildman–Crippen LogP) is 4.03. The molecule has 6 nitrogen and oxygen atoms in total. The molecule has 0 saturated heterocycles. The van der Waals surface area contributed by atoms with Crippen LogP contribution in [0.3, 0.4) is 0 Å². The van der Waals surface area contributed by atoms with Gasteiger partial charge in [0.2, 0.25) is 0 Å². The Labute approximate surface area is 162 Å². The van der Waals surface area contributed by atoms with Crippen molar-refractivity contribution < 1.29 is 23.7 Å². The fourth-order valence-corrected chi connectivity index (χ4v) is 3.39. The molecule has 1 aromatic carbocycles. The Morgan fingerprint density at radius 1 is 1.15 bits per heavy atom. The third-order valence-corrected chi connectivity index (χ3v) is 5.12. The highest BCUT2D eigenvalue weighted by atomic mass is 79.9. The number of rotatable bonds is 8. The lowest BCUT2D eigenvalue weighted by Gasteiger charge is -2.18. The summed E-state index contributed by atoms with van der Waals surface area (Å²) in [6, 6.07) is 7.54. The molecule has 2 aromatic rings. The van der Waals surface area contributed by atoms with E-state index in [0.29, 0.717) is 18.8 Å². The highest BCUT2D eigenvalue weighted by Crippen LogP contribution is 2.38. The highest BCUT2D eigenvalue weighted by Gasteiger charge is 2.27. The van der Waals surface area contributed by atoms with Crippen molar-refractivity contribution in [2.45, 2.75) is 26.7 Å². The van der Waals surface area contributed by atoms with Crippen molar-refractivity contribution in [1.82, 2.24) is 4.57 Å². The molecule has 26 heavy (non-hydrogen) atoms. The summed E-state index contributed by atoms with van der Waals surface area (Å²) in [4.78, 5) is 12.7. The Balaban J connectivity index is 2.63. The summed E-state index contributed by atoms with van der Waals surface area (Å²) in [7, 11) is 4.75. The number of carbonyl (C=O) groups is 1. The number of aromatic nitrogens is 1. The second-order valence-electron chi connectivity index (χ2n) is 5.58. The van der Waals surface area contributed by atoms with Crippen LogP contribution in [0, 0.1) is 6.92 Å². The Hall–Kier alpha value is -1.83. The van der Waals surface area contributed by atoms with Gasteiger partial charge < -0.3 is 23.5 Å². The average molecular weight is 426 g/mol. The molecular weight excluding hydrogens is 402 g/mol. The number of halogens is 1. The van der Waals surface area contributed by atoms with E-state index in [1.54, 1.807) is 28.3 Å². The van der Waals surface area contributed by atoms with Crippen molar-refractivity contribution in [3.63, 3.8) is 0 Å². The van der Waals surface area contributed by atoms with E-state index >= 15 is 0 Å². The number of nitrogens with zero attached hydrogens (tertiary/aromatic N) is 1. The molecule has 1 aromatic heterocycles. The molecule has 1 heterocycles. The summed E-state index contributed by atoms with van der Waals surface area (Å²) in [5, 5.41) is 0. The van der Waals surface area contributed by atoms with Crippen LogP contribution < -0.4 is 4.74 Å². The lowest BCUT2D eigenvalue weighted by Crippen LogP contribution is -2.24. The molecule has 0 N–H and O–H groups in total. The largest absolute Gasteiger partial charge is 0.497 e. The Bertz CT molecular complexity index is 750. The molecule has 0 aliphatic carbocycles. The summed E-state index contributed by atoms with van der Waals surface area (Å²) in [6.07, 6.45) is -0.482. The fourth-order valence-electron chi connectivity index (χ4n) is 2.76. The van der Waals surface area contributed by atoms with Gasteiger partial charge in [-0.2, -0.15) is 0 Å². The monoisotopic (exact) mass is 425 g/mol. The van der Waals surface area contributed by atoms with Gasteiger partial charge >= 0.3 is 5.97 Å². The van der Waals surface area contributed by atoms with Crippen LogP contribution in [0.25, 0.3) is 11.1 Å². The van der Waals surface area contributed by atoms with Crippen LogP contribution in [0.1, 0.15) is 23.1 Å². The number of benzene rings is 1. The molecule has 142 valence electrons. The lowest BCUT2D eigenvalue weighted by atomic mass is 10.1. The number of esters is 1. The quantitative estimate of drug-likeness (QED) is 0.471. The van der Waals surface area contributed by atoms with Gasteiger partial charge in [-0.25, -0.2) is 4.79 Å². The van der Waals surface area contributed by atoms with Crippen molar-refractivity contribution >= 4 is 21.9 Å². The molecule has 7 heteroatoms. The first kappa shape index (κ1) is 20.5. The van der Waals surface area contributed by atoms with Gasteiger partial charge in [-0.15, -0.1) is 0 Å². The zero-order valence-corrected chi connectivity index (χ0v) is 17.3. The SMILES string of the molecule is CCOC(=O)c1c(-c2ccc(OC)cc2)c(Br)c(C)n1CC(OC)OC. The molecule has 0 aliphatic heterocycles. The number of methoxy groups -OCH3 is 3. The van der Waals surface area contributed by atoms with E-state index in [1.165, 1.54) is 0 Å². The standard InChI is InChI=1S/C19H24BrNO5/c1-6-26-19(22)18-16(13-7-9-14(23-3)10-8-13)17(20)12(2)21(18)11-15(24-4)25-5/h7-10,15H,6,11H2,1-5H3. The Kier molecular flexibility index (Phi) is 7.25. The smallest absolute Gasteiger partial charge is 0.355 e. The summed E-state index contributed by atoms with van der Waals surface area (Å²) in [5.74, 6) is 0.357. The van der Waals surface area contributed by atoms with Crippen LogP contribution in [-0.2, 0) is 20.8 Å². The maximum atomic E-state index is 12.7. The van der Waals surface area contributed by atoms with Crippen molar-refractivity contribution in [2.24, 2.45) is 0 Å². The summed E-state index contributed by atoms with van der Waals surface area (Å²) in [5.41, 5.74) is 3.00. The van der Waals surface area contributed by atoms with Crippen LogP contribution in [0.2, 0.25) is 0 Å². The van der Waals surface area contributed by atoms with E-state index < -0.39 is 12.3 Å². The number of hydrogen-bond donors (Lipinski definition) is 0. The summed E-state index contributed by atoms with van der Waals surface area (Å²) in [6.45, 7) is 4.37. The molecule has 0 amide bonds. The minimum atomic E-state index is -0.482. The van der Waals surface area contributed by atoms with Crippen LogP contribution in [0.4, 0.5) is 0 Å². The minimum Gasteiger partial charge on any atom is -0.497 e. The molecule has 2 rings (SSSR count). The Morgan fingerprint density at radius 2 is 1.77 bits per heavy atom. The fraction of sp³-hybridized carbons (Fsp3) is 0.421. The van der Waals surface area contributed by atoms with Crippen molar-refractivity contribution in [3.8, 4) is 16.9 Å². The normalized spacial score (nSPS) is 11.0. The third kappa shape index (κ3) is 4.11. The van der Waals surface area contributed by atoms with Crippen LogP contribution in [-0.4, -0.2) is 44.8 Å². The second-order valence-corrected chi connectivity index (χ2v) is 6.38. The van der Waals surface area contributed by atoms with E-state index in [1.807, 2.05) is 35.8 Å². The van der Waals surface area contributed by atoms with Gasteiger partial charge in [-0.3, -0.25) is 0 Å². The average Bonchev–Trinajstić information content (AvgIpc) is 2.91. The third-order valence-electron chi connectivity index (χ3n) is 4.15. The van der Waals surface area contributed by atoms with Crippen LogP contribution >= 0.6 is 15.9 Å². The maximum Gasteiger partial charge on any atom is 0.355 e. The van der Waals surface area contributed by atoms with Crippen LogP contribution in [0.15, 0.2) is 28.7 Å².